The number of nitrogens with one attached hydrogen (secondary N) is 1. The summed E-state index contributed by atoms with van der Waals surface area (Å²) < 4.78 is 9.70. The average Bonchev–Trinajstić information content (AvgIpc) is 2.28. The molecule has 1 aromatic carbocycles. The summed E-state index contributed by atoms with van der Waals surface area (Å²) in [6, 6.07) is 5.13. The van der Waals surface area contributed by atoms with E-state index in [0.29, 0.717) is 17.9 Å². The number of cyclic esters (lactones) is 1. The van der Waals surface area contributed by atoms with Crippen molar-refractivity contribution in [2.45, 2.75) is 13.5 Å². The number of hydrogen-bond acceptors (Lipinski definition) is 4. The van der Waals surface area contributed by atoms with Gasteiger partial charge in [-0.3, -0.25) is 5.32 Å². The standard InChI is InChI=1S/C11H11NO4/c1-2-15-10(13)8-5-3-4-7-6-16-11(14)12-9(7)8/h3-5H,2,6H2,1H3,(H,12,14). The Morgan fingerprint density at radius 1 is 1.56 bits per heavy atom. The Balaban J connectivity index is 2.39. The summed E-state index contributed by atoms with van der Waals surface area (Å²) in [7, 11) is 0. The molecule has 1 N–H and O–H groups in total. The van der Waals surface area contributed by atoms with Crippen LogP contribution in [-0.4, -0.2) is 18.7 Å². The van der Waals surface area contributed by atoms with E-state index in [2.05, 4.69) is 5.32 Å². The van der Waals surface area contributed by atoms with Gasteiger partial charge in [0.25, 0.3) is 0 Å². The molecule has 0 radical (unpaired) electrons. The van der Waals surface area contributed by atoms with Crippen LogP contribution in [0.25, 0.3) is 0 Å². The number of fused-ring (bicyclic) bond motifs is 1. The van der Waals surface area contributed by atoms with E-state index in [4.69, 9.17) is 9.47 Å². The Bertz CT molecular complexity index is 442. The Morgan fingerprint density at radius 3 is 3.12 bits per heavy atom. The van der Waals surface area contributed by atoms with Gasteiger partial charge in [0.05, 0.1) is 17.9 Å². The molecule has 1 heterocycles. The second-order valence-electron chi connectivity index (χ2n) is 3.26. The zero-order valence-corrected chi connectivity index (χ0v) is 8.78. The molecule has 0 spiro atoms. The van der Waals surface area contributed by atoms with Crippen LogP contribution < -0.4 is 5.32 Å². The number of benzene rings is 1. The van der Waals surface area contributed by atoms with Crippen LogP contribution in [0.15, 0.2) is 18.2 Å². The second kappa shape index (κ2) is 4.22. The van der Waals surface area contributed by atoms with Gasteiger partial charge in [-0.05, 0) is 13.0 Å². The van der Waals surface area contributed by atoms with E-state index in [9.17, 15) is 9.59 Å². The van der Waals surface area contributed by atoms with E-state index in [1.54, 1.807) is 25.1 Å². The highest BCUT2D eigenvalue weighted by atomic mass is 16.6. The van der Waals surface area contributed by atoms with Crippen molar-refractivity contribution in [1.29, 1.82) is 0 Å². The highest BCUT2D eigenvalue weighted by Crippen LogP contribution is 2.26. The molecule has 84 valence electrons. The molecule has 0 unspecified atom stereocenters. The molecule has 1 aliphatic rings. The van der Waals surface area contributed by atoms with Gasteiger partial charge in [-0.25, -0.2) is 9.59 Å². The predicted molar refractivity (Wildman–Crippen MR) is 56.2 cm³/mol. The Hall–Kier alpha value is -2.04. The molecule has 0 saturated carbocycles. The van der Waals surface area contributed by atoms with Gasteiger partial charge >= 0.3 is 12.1 Å². The van der Waals surface area contributed by atoms with E-state index in [0.717, 1.165) is 5.56 Å². The summed E-state index contributed by atoms with van der Waals surface area (Å²) in [4.78, 5) is 22.7. The minimum absolute atomic E-state index is 0.175. The van der Waals surface area contributed by atoms with Crippen LogP contribution in [0.5, 0.6) is 0 Å². The molecule has 0 saturated heterocycles. The van der Waals surface area contributed by atoms with E-state index >= 15 is 0 Å². The molecule has 2 rings (SSSR count). The normalized spacial score (nSPS) is 13.4. The van der Waals surface area contributed by atoms with Gasteiger partial charge in [-0.15, -0.1) is 0 Å². The number of rotatable bonds is 2. The van der Waals surface area contributed by atoms with Crippen LogP contribution in [0.3, 0.4) is 0 Å². The minimum Gasteiger partial charge on any atom is -0.462 e. The van der Waals surface area contributed by atoms with Gasteiger partial charge in [0.15, 0.2) is 0 Å². The van der Waals surface area contributed by atoms with Crippen molar-refractivity contribution in [3.63, 3.8) is 0 Å². The monoisotopic (exact) mass is 221 g/mol. The summed E-state index contributed by atoms with van der Waals surface area (Å²) in [6.07, 6.45) is -0.552. The first-order valence-corrected chi connectivity index (χ1v) is 4.95. The van der Waals surface area contributed by atoms with Crippen LogP contribution in [0, 0.1) is 0 Å². The highest BCUT2D eigenvalue weighted by Gasteiger charge is 2.22. The lowest BCUT2D eigenvalue weighted by molar-refractivity contribution is 0.0527. The number of amides is 1. The number of esters is 1. The van der Waals surface area contributed by atoms with Crippen molar-refractivity contribution in [1.82, 2.24) is 0 Å². The van der Waals surface area contributed by atoms with Gasteiger partial charge in [-0.1, -0.05) is 12.1 Å². The Morgan fingerprint density at radius 2 is 2.38 bits per heavy atom. The molecule has 0 bridgehead atoms. The summed E-state index contributed by atoms with van der Waals surface area (Å²) in [5.74, 6) is -0.443. The number of anilines is 1. The fourth-order valence-electron chi connectivity index (χ4n) is 1.53. The van der Waals surface area contributed by atoms with E-state index < -0.39 is 12.1 Å². The van der Waals surface area contributed by atoms with Crippen molar-refractivity contribution >= 4 is 17.7 Å². The minimum atomic E-state index is -0.552. The highest BCUT2D eigenvalue weighted by molar-refractivity contribution is 6.01. The third-order valence-corrected chi connectivity index (χ3v) is 2.23. The molecule has 0 aliphatic carbocycles. The molecule has 0 fully saturated rings. The van der Waals surface area contributed by atoms with Gasteiger partial charge < -0.3 is 9.47 Å². The first-order valence-electron chi connectivity index (χ1n) is 4.95. The van der Waals surface area contributed by atoms with Crippen molar-refractivity contribution in [2.24, 2.45) is 0 Å². The van der Waals surface area contributed by atoms with E-state index in [1.165, 1.54) is 0 Å². The second-order valence-corrected chi connectivity index (χ2v) is 3.26. The summed E-state index contributed by atoms with van der Waals surface area (Å²) in [5, 5.41) is 2.51. The fraction of sp³-hybridized carbons (Fsp3) is 0.273. The van der Waals surface area contributed by atoms with Gasteiger partial charge in [0.2, 0.25) is 0 Å². The summed E-state index contributed by atoms with van der Waals surface area (Å²) in [6.45, 7) is 2.20. The predicted octanol–water partition coefficient (Wildman–Crippen LogP) is 1.93. The Kier molecular flexibility index (Phi) is 2.76. The number of hydrogen-bond donors (Lipinski definition) is 1. The zero-order valence-electron chi connectivity index (χ0n) is 8.78. The van der Waals surface area contributed by atoms with Gasteiger partial charge in [0.1, 0.15) is 6.61 Å². The van der Waals surface area contributed by atoms with Crippen molar-refractivity contribution in [3.05, 3.63) is 29.3 Å². The number of para-hydroxylation sites is 1. The molecule has 5 heteroatoms. The van der Waals surface area contributed by atoms with E-state index in [1.807, 2.05) is 0 Å². The van der Waals surface area contributed by atoms with Crippen molar-refractivity contribution < 1.29 is 19.1 Å². The lowest BCUT2D eigenvalue weighted by Gasteiger charge is -2.19. The maximum absolute atomic E-state index is 11.6. The molecule has 1 aliphatic heterocycles. The molecule has 5 nitrogen and oxygen atoms in total. The third kappa shape index (κ3) is 1.84. The SMILES string of the molecule is CCOC(=O)c1cccc2c1NC(=O)OC2. The molecular formula is C11H11NO4. The molecule has 1 amide bonds. The first-order chi connectivity index (χ1) is 7.72. The number of carbonyl (C=O) groups excluding carboxylic acids is 2. The van der Waals surface area contributed by atoms with Crippen LogP contribution >= 0.6 is 0 Å². The first kappa shape index (κ1) is 10.5. The molecule has 0 aromatic heterocycles. The number of carbonyl (C=O) groups is 2. The van der Waals surface area contributed by atoms with Crippen LogP contribution in [0.1, 0.15) is 22.8 Å². The quantitative estimate of drug-likeness (QED) is 0.775. The van der Waals surface area contributed by atoms with Crippen LogP contribution in [0.2, 0.25) is 0 Å². The van der Waals surface area contributed by atoms with Crippen molar-refractivity contribution in [2.75, 3.05) is 11.9 Å². The average molecular weight is 221 g/mol. The molecule has 16 heavy (non-hydrogen) atoms. The third-order valence-electron chi connectivity index (χ3n) is 2.23. The molecule has 0 atom stereocenters. The maximum Gasteiger partial charge on any atom is 0.411 e. The lowest BCUT2D eigenvalue weighted by Crippen LogP contribution is -2.23. The molecule has 1 aromatic rings. The lowest BCUT2D eigenvalue weighted by atomic mass is 10.1. The molecular weight excluding hydrogens is 210 g/mol. The Labute approximate surface area is 92.4 Å². The van der Waals surface area contributed by atoms with Crippen LogP contribution in [0.4, 0.5) is 10.5 Å². The topological polar surface area (TPSA) is 64.6 Å². The van der Waals surface area contributed by atoms with Crippen molar-refractivity contribution in [3.8, 4) is 0 Å². The maximum atomic E-state index is 11.6. The number of ether oxygens (including phenoxy) is 2. The smallest absolute Gasteiger partial charge is 0.411 e. The van der Waals surface area contributed by atoms with E-state index in [-0.39, 0.29) is 6.61 Å². The van der Waals surface area contributed by atoms with Gasteiger partial charge in [0, 0.05) is 5.56 Å². The fourth-order valence-corrected chi connectivity index (χ4v) is 1.53. The van der Waals surface area contributed by atoms with Crippen LogP contribution in [-0.2, 0) is 16.1 Å². The summed E-state index contributed by atoms with van der Waals surface area (Å²) >= 11 is 0. The zero-order chi connectivity index (χ0) is 11.5. The largest absolute Gasteiger partial charge is 0.462 e. The summed E-state index contributed by atoms with van der Waals surface area (Å²) in [5.41, 5.74) is 1.61. The van der Waals surface area contributed by atoms with Gasteiger partial charge in [-0.2, -0.15) is 0 Å².